The average molecular weight is 547 g/mol. The Morgan fingerprint density at radius 2 is 1.72 bits per heavy atom. The van der Waals surface area contributed by atoms with Gasteiger partial charge < -0.3 is 14.6 Å². The molecule has 3 aromatic carbocycles. The van der Waals surface area contributed by atoms with E-state index in [4.69, 9.17) is 9.47 Å². The standard InChI is InChI=1S/C30H27FN2O5S/c1-3-5-16-38-21-12-8-18(9-13-21)26-25(27(34)19-6-10-20(31)11-7-19)28(35)29(36)33(26)30-32-23-15-14-22(37-4-2)17-24(23)39-30/h6-15,17,26,34H,3-5,16H2,1-2H3. The molecule has 9 heteroatoms. The number of thiazole rings is 1. The maximum atomic E-state index is 13.6. The Morgan fingerprint density at radius 1 is 1.00 bits per heavy atom. The van der Waals surface area contributed by atoms with Crippen LogP contribution in [0.15, 0.2) is 72.3 Å². The summed E-state index contributed by atoms with van der Waals surface area (Å²) in [7, 11) is 0. The number of hydrogen-bond donors (Lipinski definition) is 1. The van der Waals surface area contributed by atoms with Crippen molar-refractivity contribution in [3.8, 4) is 11.5 Å². The van der Waals surface area contributed by atoms with Crippen LogP contribution in [0.3, 0.4) is 0 Å². The molecule has 5 rings (SSSR count). The van der Waals surface area contributed by atoms with Crippen molar-refractivity contribution >= 4 is 44.1 Å². The molecule has 0 spiro atoms. The van der Waals surface area contributed by atoms with Crippen LogP contribution in [-0.2, 0) is 9.59 Å². The van der Waals surface area contributed by atoms with Crippen LogP contribution in [0.2, 0.25) is 0 Å². The lowest BCUT2D eigenvalue weighted by Crippen LogP contribution is -2.29. The quantitative estimate of drug-likeness (QED) is 0.110. The van der Waals surface area contributed by atoms with Crippen LogP contribution in [0.5, 0.6) is 11.5 Å². The second-order valence-corrected chi connectivity index (χ2v) is 10.0. The predicted molar refractivity (Wildman–Crippen MR) is 149 cm³/mol. The zero-order valence-electron chi connectivity index (χ0n) is 21.5. The molecular formula is C30H27FN2O5S. The second-order valence-electron chi connectivity index (χ2n) is 9.01. The Bertz CT molecular complexity index is 1550. The summed E-state index contributed by atoms with van der Waals surface area (Å²) in [6.45, 7) is 5.06. The van der Waals surface area contributed by atoms with Crippen molar-refractivity contribution in [3.05, 3.63) is 89.2 Å². The summed E-state index contributed by atoms with van der Waals surface area (Å²) in [6, 6.07) is 16.7. The number of aliphatic hydroxyl groups is 1. The first-order valence-electron chi connectivity index (χ1n) is 12.7. The monoisotopic (exact) mass is 546 g/mol. The fourth-order valence-corrected chi connectivity index (χ4v) is 5.46. The first-order chi connectivity index (χ1) is 18.9. The third-order valence-corrected chi connectivity index (χ3v) is 7.41. The highest BCUT2D eigenvalue weighted by Crippen LogP contribution is 2.45. The Morgan fingerprint density at radius 3 is 2.41 bits per heavy atom. The smallest absolute Gasteiger partial charge is 0.301 e. The first kappa shape index (κ1) is 26.4. The van der Waals surface area contributed by atoms with Gasteiger partial charge in [-0.1, -0.05) is 36.8 Å². The lowest BCUT2D eigenvalue weighted by atomic mass is 9.95. The zero-order valence-corrected chi connectivity index (χ0v) is 22.3. The van der Waals surface area contributed by atoms with Crippen molar-refractivity contribution < 1.29 is 28.6 Å². The summed E-state index contributed by atoms with van der Waals surface area (Å²) in [4.78, 5) is 32.8. The van der Waals surface area contributed by atoms with E-state index in [0.717, 1.165) is 17.5 Å². The van der Waals surface area contributed by atoms with E-state index in [2.05, 4.69) is 11.9 Å². The average Bonchev–Trinajstić information content (AvgIpc) is 3.47. The third-order valence-electron chi connectivity index (χ3n) is 6.39. The van der Waals surface area contributed by atoms with Gasteiger partial charge in [-0.25, -0.2) is 9.37 Å². The van der Waals surface area contributed by atoms with E-state index in [-0.39, 0.29) is 16.9 Å². The molecule has 1 amide bonds. The normalized spacial score (nSPS) is 16.7. The number of anilines is 1. The molecule has 0 bridgehead atoms. The third kappa shape index (κ3) is 5.22. The van der Waals surface area contributed by atoms with E-state index in [1.54, 1.807) is 36.4 Å². The molecule has 1 aliphatic rings. The van der Waals surface area contributed by atoms with Gasteiger partial charge in [-0.2, -0.15) is 0 Å². The molecule has 1 aliphatic heterocycles. The maximum Gasteiger partial charge on any atom is 0.301 e. The van der Waals surface area contributed by atoms with Gasteiger partial charge in [0.25, 0.3) is 5.78 Å². The van der Waals surface area contributed by atoms with Crippen LogP contribution in [0, 0.1) is 5.82 Å². The van der Waals surface area contributed by atoms with Crippen LogP contribution >= 0.6 is 11.3 Å². The largest absolute Gasteiger partial charge is 0.507 e. The zero-order chi connectivity index (χ0) is 27.5. The number of rotatable bonds is 9. The fourth-order valence-electron chi connectivity index (χ4n) is 4.44. The van der Waals surface area contributed by atoms with Gasteiger partial charge in [-0.3, -0.25) is 14.5 Å². The molecule has 7 nitrogen and oxygen atoms in total. The summed E-state index contributed by atoms with van der Waals surface area (Å²) in [5.41, 5.74) is 1.37. The van der Waals surface area contributed by atoms with E-state index in [1.165, 1.54) is 40.5 Å². The van der Waals surface area contributed by atoms with Gasteiger partial charge in [-0.15, -0.1) is 0 Å². The molecule has 0 aliphatic carbocycles. The number of unbranched alkanes of at least 4 members (excludes halogenated alkanes) is 1. The number of fused-ring (bicyclic) bond motifs is 1. The predicted octanol–water partition coefficient (Wildman–Crippen LogP) is 6.64. The number of ketones is 1. The number of hydrogen-bond acceptors (Lipinski definition) is 7. The number of benzene rings is 3. The molecule has 1 atom stereocenters. The van der Waals surface area contributed by atoms with Crippen molar-refractivity contribution in [2.45, 2.75) is 32.7 Å². The second kappa shape index (κ2) is 11.2. The number of nitrogens with zero attached hydrogens (tertiary/aromatic N) is 2. The number of ether oxygens (including phenoxy) is 2. The van der Waals surface area contributed by atoms with E-state index in [9.17, 15) is 19.1 Å². The van der Waals surface area contributed by atoms with Crippen LogP contribution < -0.4 is 14.4 Å². The van der Waals surface area contributed by atoms with Crippen molar-refractivity contribution in [3.63, 3.8) is 0 Å². The van der Waals surface area contributed by atoms with E-state index >= 15 is 0 Å². The van der Waals surface area contributed by atoms with Crippen molar-refractivity contribution in [2.75, 3.05) is 18.1 Å². The maximum absolute atomic E-state index is 13.6. The minimum atomic E-state index is -0.952. The first-order valence-corrected chi connectivity index (χ1v) is 13.6. The Hall–Kier alpha value is -4.24. The Kier molecular flexibility index (Phi) is 7.60. The lowest BCUT2D eigenvalue weighted by molar-refractivity contribution is -0.132. The molecule has 39 heavy (non-hydrogen) atoms. The van der Waals surface area contributed by atoms with E-state index in [1.807, 2.05) is 13.0 Å². The number of halogens is 1. The van der Waals surface area contributed by atoms with Gasteiger partial charge in [-0.05, 0) is 73.5 Å². The molecule has 0 radical (unpaired) electrons. The van der Waals surface area contributed by atoms with Crippen LogP contribution in [0.1, 0.15) is 43.9 Å². The number of amides is 1. The SMILES string of the molecule is CCCCOc1ccc(C2C(=C(O)c3ccc(F)cc3)C(=O)C(=O)N2c2nc3ccc(OCC)cc3s2)cc1. The van der Waals surface area contributed by atoms with Gasteiger partial charge in [0.15, 0.2) is 5.13 Å². The van der Waals surface area contributed by atoms with Crippen LogP contribution in [0.25, 0.3) is 16.0 Å². The summed E-state index contributed by atoms with van der Waals surface area (Å²) in [6.07, 6.45) is 1.92. The van der Waals surface area contributed by atoms with E-state index < -0.39 is 23.5 Å². The molecule has 1 saturated heterocycles. The molecule has 2 heterocycles. The number of carbonyl (C=O) groups is 2. The van der Waals surface area contributed by atoms with Gasteiger partial charge in [0, 0.05) is 5.56 Å². The van der Waals surface area contributed by atoms with Gasteiger partial charge >= 0.3 is 5.91 Å². The molecule has 1 fully saturated rings. The summed E-state index contributed by atoms with van der Waals surface area (Å²) in [5, 5.41) is 11.5. The molecule has 4 aromatic rings. The van der Waals surface area contributed by atoms with Crippen LogP contribution in [-0.4, -0.2) is 35.0 Å². The van der Waals surface area contributed by atoms with Crippen LogP contribution in [0.4, 0.5) is 9.52 Å². The summed E-state index contributed by atoms with van der Waals surface area (Å²) >= 11 is 1.25. The molecule has 200 valence electrons. The highest BCUT2D eigenvalue weighted by Gasteiger charge is 2.48. The molecule has 1 unspecified atom stereocenters. The topological polar surface area (TPSA) is 89.0 Å². The Balaban J connectivity index is 1.62. The number of aliphatic hydroxyl groups excluding tert-OH is 1. The number of aromatic nitrogens is 1. The van der Waals surface area contributed by atoms with Crippen molar-refractivity contribution in [1.82, 2.24) is 4.98 Å². The van der Waals surface area contributed by atoms with Gasteiger partial charge in [0.05, 0.1) is 35.0 Å². The minimum absolute atomic E-state index is 0.0967. The molecular weight excluding hydrogens is 519 g/mol. The van der Waals surface area contributed by atoms with Crippen molar-refractivity contribution in [2.24, 2.45) is 0 Å². The number of Topliss-reactive ketones (excluding diaryl/α,β-unsaturated/α-hetero) is 1. The van der Waals surface area contributed by atoms with Gasteiger partial charge in [0.2, 0.25) is 0 Å². The fraction of sp³-hybridized carbons (Fsp3) is 0.233. The number of carbonyl (C=O) groups excluding carboxylic acids is 2. The lowest BCUT2D eigenvalue weighted by Gasteiger charge is -2.23. The summed E-state index contributed by atoms with van der Waals surface area (Å²) < 4.78 is 25.7. The van der Waals surface area contributed by atoms with E-state index in [0.29, 0.717) is 40.9 Å². The molecule has 1 aromatic heterocycles. The minimum Gasteiger partial charge on any atom is -0.507 e. The van der Waals surface area contributed by atoms with Crippen molar-refractivity contribution in [1.29, 1.82) is 0 Å². The molecule has 1 N–H and O–H groups in total. The highest BCUT2D eigenvalue weighted by atomic mass is 32.1. The molecule has 0 saturated carbocycles. The summed E-state index contributed by atoms with van der Waals surface area (Å²) in [5.74, 6) is -1.19. The Labute approximate surface area is 229 Å². The highest BCUT2D eigenvalue weighted by molar-refractivity contribution is 7.22. The van der Waals surface area contributed by atoms with Gasteiger partial charge in [0.1, 0.15) is 23.1 Å².